The summed E-state index contributed by atoms with van der Waals surface area (Å²) in [6.07, 6.45) is 1.12. The van der Waals surface area contributed by atoms with E-state index >= 15 is 0 Å². The summed E-state index contributed by atoms with van der Waals surface area (Å²) < 4.78 is 6.41. The number of benzene rings is 1. The maximum absolute atomic E-state index is 12.2. The standard InChI is InChI=1S/C16H15ClN4O4/c1-19(8-12-5-13(17)3-4-15(12)25-2)10-20-9-14(21(23)24)6-11(7-18)16(20)22/h3-6,9H,8,10H2,1-2H3. The Labute approximate surface area is 148 Å². The lowest BCUT2D eigenvalue weighted by molar-refractivity contribution is -0.385. The van der Waals surface area contributed by atoms with Crippen LogP contribution in [0, 0.1) is 21.4 Å². The van der Waals surface area contributed by atoms with Crippen LogP contribution in [0.4, 0.5) is 5.69 Å². The maximum Gasteiger partial charge on any atom is 0.287 e. The molecule has 0 spiro atoms. The van der Waals surface area contributed by atoms with Gasteiger partial charge in [-0.25, -0.2) is 0 Å². The Hall–Kier alpha value is -2.89. The molecule has 0 aliphatic carbocycles. The Morgan fingerprint density at radius 2 is 2.16 bits per heavy atom. The van der Waals surface area contributed by atoms with Gasteiger partial charge in [-0.05, 0) is 25.2 Å². The molecule has 9 heteroatoms. The van der Waals surface area contributed by atoms with Crippen molar-refractivity contribution >= 4 is 17.3 Å². The van der Waals surface area contributed by atoms with Crippen molar-refractivity contribution in [3.63, 3.8) is 0 Å². The van der Waals surface area contributed by atoms with E-state index in [4.69, 9.17) is 21.6 Å². The third-order valence-electron chi connectivity index (χ3n) is 3.48. The van der Waals surface area contributed by atoms with Gasteiger partial charge < -0.3 is 4.74 Å². The van der Waals surface area contributed by atoms with Crippen molar-refractivity contribution < 1.29 is 9.66 Å². The number of hydrogen-bond acceptors (Lipinski definition) is 6. The Balaban J connectivity index is 2.29. The van der Waals surface area contributed by atoms with Gasteiger partial charge in [0.25, 0.3) is 11.2 Å². The molecule has 0 aliphatic heterocycles. The van der Waals surface area contributed by atoms with Crippen LogP contribution in [-0.4, -0.2) is 28.5 Å². The number of ether oxygens (including phenoxy) is 1. The highest BCUT2D eigenvalue weighted by atomic mass is 35.5. The molecule has 2 aromatic rings. The number of hydrogen-bond donors (Lipinski definition) is 0. The molecule has 0 bridgehead atoms. The highest BCUT2D eigenvalue weighted by Crippen LogP contribution is 2.23. The largest absolute Gasteiger partial charge is 0.496 e. The minimum Gasteiger partial charge on any atom is -0.496 e. The summed E-state index contributed by atoms with van der Waals surface area (Å²) in [6, 6.07) is 7.84. The van der Waals surface area contributed by atoms with E-state index in [1.807, 2.05) is 0 Å². The van der Waals surface area contributed by atoms with Crippen molar-refractivity contribution in [2.24, 2.45) is 0 Å². The maximum atomic E-state index is 12.2. The van der Waals surface area contributed by atoms with Crippen LogP contribution in [-0.2, 0) is 13.2 Å². The second-order valence-electron chi connectivity index (χ2n) is 5.37. The molecule has 0 fully saturated rings. The molecule has 2 rings (SSSR count). The Bertz CT molecular complexity index is 904. The quantitative estimate of drug-likeness (QED) is 0.577. The van der Waals surface area contributed by atoms with Crippen molar-refractivity contribution in [3.8, 4) is 11.8 Å². The van der Waals surface area contributed by atoms with Crippen LogP contribution in [0.1, 0.15) is 11.1 Å². The van der Waals surface area contributed by atoms with E-state index in [-0.39, 0.29) is 17.9 Å². The predicted octanol–water partition coefficient (Wildman–Crippen LogP) is 2.38. The molecule has 1 aromatic heterocycles. The van der Waals surface area contributed by atoms with E-state index in [0.29, 0.717) is 17.3 Å². The van der Waals surface area contributed by atoms with Gasteiger partial charge in [0.05, 0.1) is 24.9 Å². The van der Waals surface area contributed by atoms with Gasteiger partial charge in [-0.1, -0.05) is 11.6 Å². The highest BCUT2D eigenvalue weighted by Gasteiger charge is 2.15. The van der Waals surface area contributed by atoms with Crippen molar-refractivity contribution in [2.45, 2.75) is 13.2 Å². The SMILES string of the molecule is COc1ccc(Cl)cc1CN(C)Cn1cc([N+](=O)[O-])cc(C#N)c1=O. The number of halogens is 1. The van der Waals surface area contributed by atoms with Crippen LogP contribution < -0.4 is 10.3 Å². The number of methoxy groups -OCH3 is 1. The second-order valence-corrected chi connectivity index (χ2v) is 5.80. The van der Waals surface area contributed by atoms with Gasteiger partial charge in [-0.2, -0.15) is 5.26 Å². The topological polar surface area (TPSA) is 101 Å². The predicted molar refractivity (Wildman–Crippen MR) is 91.5 cm³/mol. The van der Waals surface area contributed by atoms with E-state index in [1.165, 1.54) is 7.11 Å². The zero-order valence-corrected chi connectivity index (χ0v) is 14.4. The summed E-state index contributed by atoms with van der Waals surface area (Å²) in [5, 5.41) is 20.5. The summed E-state index contributed by atoms with van der Waals surface area (Å²) in [7, 11) is 3.27. The molecule has 25 heavy (non-hydrogen) atoms. The lowest BCUT2D eigenvalue weighted by Crippen LogP contribution is -2.30. The normalized spacial score (nSPS) is 10.5. The fraction of sp³-hybridized carbons (Fsp3) is 0.250. The Kier molecular flexibility index (Phi) is 5.75. The van der Waals surface area contributed by atoms with Crippen molar-refractivity contribution in [2.75, 3.05) is 14.2 Å². The molecule has 0 N–H and O–H groups in total. The summed E-state index contributed by atoms with van der Waals surface area (Å²) in [6.45, 7) is 0.450. The molecule has 0 saturated heterocycles. The molecule has 0 saturated carbocycles. The van der Waals surface area contributed by atoms with Crippen molar-refractivity contribution in [1.29, 1.82) is 5.26 Å². The smallest absolute Gasteiger partial charge is 0.287 e. The Morgan fingerprint density at radius 1 is 1.44 bits per heavy atom. The zero-order chi connectivity index (χ0) is 18.6. The fourth-order valence-corrected chi connectivity index (χ4v) is 2.57. The molecule has 0 amide bonds. The zero-order valence-electron chi connectivity index (χ0n) is 13.6. The van der Waals surface area contributed by atoms with Crippen molar-refractivity contribution in [3.05, 3.63) is 67.1 Å². The van der Waals surface area contributed by atoms with E-state index in [2.05, 4.69) is 0 Å². The van der Waals surface area contributed by atoms with Gasteiger partial charge in [0.1, 0.15) is 17.4 Å². The van der Waals surface area contributed by atoms with Crippen LogP contribution in [0.15, 0.2) is 35.3 Å². The summed E-state index contributed by atoms with van der Waals surface area (Å²) in [5.41, 5.74) is -0.373. The van der Waals surface area contributed by atoms with Crippen LogP contribution in [0.5, 0.6) is 5.75 Å². The van der Waals surface area contributed by atoms with Gasteiger partial charge in [-0.15, -0.1) is 0 Å². The lowest BCUT2D eigenvalue weighted by Gasteiger charge is -2.19. The van der Waals surface area contributed by atoms with E-state index < -0.39 is 10.5 Å². The van der Waals surface area contributed by atoms with Crippen LogP contribution >= 0.6 is 11.6 Å². The van der Waals surface area contributed by atoms with Gasteiger partial charge >= 0.3 is 0 Å². The van der Waals surface area contributed by atoms with Gasteiger partial charge in [0.15, 0.2) is 0 Å². The van der Waals surface area contributed by atoms with Gasteiger partial charge in [0.2, 0.25) is 0 Å². The monoisotopic (exact) mass is 362 g/mol. The molecular weight excluding hydrogens is 348 g/mol. The summed E-state index contributed by atoms with van der Waals surface area (Å²) in [4.78, 5) is 24.3. The first kappa shape index (κ1) is 18.4. The van der Waals surface area contributed by atoms with E-state index in [0.717, 1.165) is 22.4 Å². The van der Waals surface area contributed by atoms with Crippen LogP contribution in [0.2, 0.25) is 5.02 Å². The molecule has 0 radical (unpaired) electrons. The summed E-state index contributed by atoms with van der Waals surface area (Å²) in [5.74, 6) is 0.639. The number of aromatic nitrogens is 1. The van der Waals surface area contributed by atoms with Crippen molar-refractivity contribution in [1.82, 2.24) is 9.47 Å². The first-order valence-corrected chi connectivity index (χ1v) is 7.53. The van der Waals surface area contributed by atoms with Crippen LogP contribution in [0.3, 0.4) is 0 Å². The molecule has 0 atom stereocenters. The minimum atomic E-state index is -0.642. The molecule has 0 unspecified atom stereocenters. The fourth-order valence-electron chi connectivity index (χ4n) is 2.38. The molecule has 1 heterocycles. The first-order valence-electron chi connectivity index (χ1n) is 7.15. The van der Waals surface area contributed by atoms with Crippen LogP contribution in [0.25, 0.3) is 0 Å². The summed E-state index contributed by atoms with van der Waals surface area (Å²) >= 11 is 6.00. The number of nitrogens with zero attached hydrogens (tertiary/aromatic N) is 4. The number of nitriles is 1. The number of rotatable bonds is 6. The van der Waals surface area contributed by atoms with Gasteiger partial charge in [0, 0.05) is 23.2 Å². The average Bonchev–Trinajstić information content (AvgIpc) is 2.56. The third kappa shape index (κ3) is 4.35. The third-order valence-corrected chi connectivity index (χ3v) is 3.71. The lowest BCUT2D eigenvalue weighted by atomic mass is 10.2. The second kappa shape index (κ2) is 7.79. The minimum absolute atomic E-state index is 0.0604. The number of pyridine rings is 1. The van der Waals surface area contributed by atoms with Gasteiger partial charge in [-0.3, -0.25) is 24.4 Å². The Morgan fingerprint density at radius 3 is 2.76 bits per heavy atom. The van der Waals surface area contributed by atoms with E-state index in [9.17, 15) is 14.9 Å². The molecule has 1 aromatic carbocycles. The molecular formula is C16H15ClN4O4. The molecule has 130 valence electrons. The molecule has 8 nitrogen and oxygen atoms in total. The number of nitro groups is 1. The molecule has 0 aliphatic rings. The first-order chi connectivity index (χ1) is 11.8. The highest BCUT2D eigenvalue weighted by molar-refractivity contribution is 6.30. The van der Waals surface area contributed by atoms with E-state index in [1.54, 1.807) is 36.2 Å². The average molecular weight is 363 g/mol.